The number of nitrogens with one attached hydrogen (secondary N) is 2. The fraction of sp³-hybridized carbons (Fsp3) is 0.286. The van der Waals surface area contributed by atoms with Gasteiger partial charge in [-0.1, -0.05) is 36.4 Å². The zero-order valence-corrected chi connectivity index (χ0v) is 14.1. The van der Waals surface area contributed by atoms with Crippen molar-refractivity contribution in [2.24, 2.45) is 0 Å². The lowest BCUT2D eigenvalue weighted by Gasteiger charge is -2.26. The fourth-order valence-electron chi connectivity index (χ4n) is 3.81. The molecule has 1 atom stereocenters. The molecule has 0 aliphatic heterocycles. The highest BCUT2D eigenvalue weighted by Gasteiger charge is 2.23. The monoisotopic (exact) mass is 318 g/mol. The van der Waals surface area contributed by atoms with Crippen molar-refractivity contribution >= 4 is 16.8 Å². The summed E-state index contributed by atoms with van der Waals surface area (Å²) in [5, 5.41) is 4.38. The van der Waals surface area contributed by atoms with E-state index in [9.17, 15) is 4.79 Å². The predicted molar refractivity (Wildman–Crippen MR) is 97.4 cm³/mol. The number of H-pyrrole nitrogens is 1. The number of amides is 1. The first-order chi connectivity index (χ1) is 11.6. The zero-order chi connectivity index (χ0) is 16.7. The number of para-hydroxylation sites is 1. The van der Waals surface area contributed by atoms with E-state index in [1.807, 2.05) is 19.1 Å². The predicted octanol–water partition coefficient (Wildman–Crippen LogP) is 4.59. The molecule has 1 aromatic heterocycles. The van der Waals surface area contributed by atoms with Gasteiger partial charge in [0.15, 0.2) is 0 Å². The highest BCUT2D eigenvalue weighted by Crippen LogP contribution is 2.30. The Morgan fingerprint density at radius 3 is 2.83 bits per heavy atom. The summed E-state index contributed by atoms with van der Waals surface area (Å²) in [6.45, 7) is 4.14. The number of carbonyl (C=O) groups excluding carboxylic acids is 1. The van der Waals surface area contributed by atoms with Crippen molar-refractivity contribution in [3.8, 4) is 0 Å². The Bertz CT molecular complexity index is 923. The van der Waals surface area contributed by atoms with Crippen LogP contribution in [0.25, 0.3) is 10.9 Å². The van der Waals surface area contributed by atoms with Crippen molar-refractivity contribution in [2.45, 2.75) is 39.2 Å². The second kappa shape index (κ2) is 5.82. The normalized spacial score (nSPS) is 16.8. The van der Waals surface area contributed by atoms with Crippen LogP contribution in [0.1, 0.15) is 51.6 Å². The lowest BCUT2D eigenvalue weighted by Crippen LogP contribution is -2.31. The van der Waals surface area contributed by atoms with Crippen LogP contribution in [0.2, 0.25) is 0 Å². The molecule has 24 heavy (non-hydrogen) atoms. The van der Waals surface area contributed by atoms with Crippen LogP contribution in [0.3, 0.4) is 0 Å². The van der Waals surface area contributed by atoms with Crippen LogP contribution in [0.15, 0.2) is 42.5 Å². The van der Waals surface area contributed by atoms with Gasteiger partial charge in [0.2, 0.25) is 0 Å². The number of aryl methyl sites for hydroxylation is 3. The summed E-state index contributed by atoms with van der Waals surface area (Å²) in [5.74, 6) is 0.00329. The zero-order valence-electron chi connectivity index (χ0n) is 14.1. The van der Waals surface area contributed by atoms with Gasteiger partial charge in [0.05, 0.1) is 17.1 Å². The minimum Gasteiger partial charge on any atom is -0.358 e. The molecular formula is C21H22N2O. The van der Waals surface area contributed by atoms with Crippen molar-refractivity contribution in [1.29, 1.82) is 0 Å². The summed E-state index contributed by atoms with van der Waals surface area (Å²) < 4.78 is 0. The lowest BCUT2D eigenvalue weighted by atomic mass is 9.87. The molecule has 0 radical (unpaired) electrons. The van der Waals surface area contributed by atoms with Crippen molar-refractivity contribution < 1.29 is 4.79 Å². The van der Waals surface area contributed by atoms with Crippen LogP contribution in [-0.4, -0.2) is 10.9 Å². The Morgan fingerprint density at radius 1 is 1.12 bits per heavy atom. The van der Waals surface area contributed by atoms with Gasteiger partial charge in [-0.05, 0) is 55.9 Å². The molecule has 3 aromatic rings. The molecule has 3 nitrogen and oxygen atoms in total. The molecule has 2 aromatic carbocycles. The van der Waals surface area contributed by atoms with Crippen LogP contribution in [0.5, 0.6) is 0 Å². The second-order valence-corrected chi connectivity index (χ2v) is 6.72. The van der Waals surface area contributed by atoms with Gasteiger partial charge >= 0.3 is 0 Å². The third-order valence-electron chi connectivity index (χ3n) is 5.26. The quantitative estimate of drug-likeness (QED) is 0.713. The van der Waals surface area contributed by atoms with Crippen molar-refractivity contribution in [3.05, 3.63) is 70.4 Å². The molecule has 1 aliphatic rings. The molecule has 4 rings (SSSR count). The van der Waals surface area contributed by atoms with Crippen molar-refractivity contribution in [3.63, 3.8) is 0 Å². The summed E-state index contributed by atoms with van der Waals surface area (Å²) in [6.07, 6.45) is 3.22. The average Bonchev–Trinajstić information content (AvgIpc) is 2.90. The maximum absolute atomic E-state index is 12.9. The van der Waals surface area contributed by atoms with E-state index in [1.54, 1.807) is 0 Å². The minimum atomic E-state index is 0.00329. The van der Waals surface area contributed by atoms with Gasteiger partial charge in [-0.25, -0.2) is 0 Å². The molecule has 0 saturated carbocycles. The number of benzene rings is 2. The van der Waals surface area contributed by atoms with Gasteiger partial charge in [-0.3, -0.25) is 4.79 Å². The van der Waals surface area contributed by atoms with Crippen LogP contribution in [0.4, 0.5) is 0 Å². The highest BCUT2D eigenvalue weighted by atomic mass is 16.1. The Labute approximate surface area is 142 Å². The van der Waals surface area contributed by atoms with E-state index in [0.29, 0.717) is 0 Å². The number of hydrogen-bond donors (Lipinski definition) is 2. The molecule has 1 aliphatic carbocycles. The van der Waals surface area contributed by atoms with Gasteiger partial charge in [0.25, 0.3) is 5.91 Å². The summed E-state index contributed by atoms with van der Waals surface area (Å²) in [5.41, 5.74) is 6.62. The van der Waals surface area contributed by atoms with E-state index in [4.69, 9.17) is 0 Å². The average molecular weight is 318 g/mol. The number of hydrogen-bond acceptors (Lipinski definition) is 1. The Kier molecular flexibility index (Phi) is 3.64. The summed E-state index contributed by atoms with van der Waals surface area (Å²) in [7, 11) is 0. The lowest BCUT2D eigenvalue weighted by molar-refractivity contribution is 0.0934. The molecular weight excluding hydrogens is 296 g/mol. The molecule has 1 amide bonds. The molecule has 0 bridgehead atoms. The summed E-state index contributed by atoms with van der Waals surface area (Å²) >= 11 is 0. The maximum Gasteiger partial charge on any atom is 0.253 e. The van der Waals surface area contributed by atoms with Gasteiger partial charge in [0, 0.05) is 11.1 Å². The second-order valence-electron chi connectivity index (χ2n) is 6.72. The molecule has 0 fully saturated rings. The van der Waals surface area contributed by atoms with Crippen molar-refractivity contribution in [1.82, 2.24) is 10.3 Å². The van der Waals surface area contributed by atoms with E-state index in [0.717, 1.165) is 41.4 Å². The first-order valence-corrected chi connectivity index (χ1v) is 8.61. The fourth-order valence-corrected chi connectivity index (χ4v) is 3.81. The van der Waals surface area contributed by atoms with Crippen molar-refractivity contribution in [2.75, 3.05) is 0 Å². The van der Waals surface area contributed by atoms with E-state index in [-0.39, 0.29) is 11.9 Å². The summed E-state index contributed by atoms with van der Waals surface area (Å²) in [6, 6.07) is 14.5. The molecule has 0 saturated heterocycles. The Morgan fingerprint density at radius 2 is 1.96 bits per heavy atom. The van der Waals surface area contributed by atoms with E-state index < -0.39 is 0 Å². The van der Waals surface area contributed by atoms with Crippen LogP contribution in [0, 0.1) is 13.8 Å². The topological polar surface area (TPSA) is 44.9 Å². The largest absolute Gasteiger partial charge is 0.358 e. The molecule has 3 heteroatoms. The van der Waals surface area contributed by atoms with E-state index in [2.05, 4.69) is 47.6 Å². The molecule has 0 spiro atoms. The molecule has 2 N–H and O–H groups in total. The smallest absolute Gasteiger partial charge is 0.253 e. The number of aromatic amines is 1. The maximum atomic E-state index is 12.9. The van der Waals surface area contributed by atoms with Gasteiger partial charge in [-0.2, -0.15) is 0 Å². The number of rotatable bonds is 2. The summed E-state index contributed by atoms with van der Waals surface area (Å²) in [4.78, 5) is 16.3. The highest BCUT2D eigenvalue weighted by molar-refractivity contribution is 6.06. The standard InChI is InChI=1S/C21H22N2O/c1-13-14(2)22-20-16(13)10-6-11-18(20)21(24)23-19-12-5-8-15-7-3-4-9-17(15)19/h3-4,6-7,9-11,19,22H,5,8,12H2,1-2H3,(H,23,24). The van der Waals surface area contributed by atoms with Crippen LogP contribution < -0.4 is 5.32 Å². The first-order valence-electron chi connectivity index (χ1n) is 8.61. The van der Waals surface area contributed by atoms with Gasteiger partial charge in [-0.15, -0.1) is 0 Å². The third kappa shape index (κ3) is 2.41. The number of fused-ring (bicyclic) bond motifs is 2. The third-order valence-corrected chi connectivity index (χ3v) is 5.26. The first kappa shape index (κ1) is 15.0. The minimum absolute atomic E-state index is 0.00329. The Hall–Kier alpha value is -2.55. The van der Waals surface area contributed by atoms with Crippen LogP contribution in [-0.2, 0) is 6.42 Å². The van der Waals surface area contributed by atoms with E-state index >= 15 is 0 Å². The number of carbonyl (C=O) groups is 1. The SMILES string of the molecule is Cc1[nH]c2c(C(=O)NC3CCCc4ccccc43)cccc2c1C. The van der Waals surface area contributed by atoms with Crippen LogP contribution >= 0.6 is 0 Å². The Balaban J connectivity index is 1.68. The number of aromatic nitrogens is 1. The molecule has 1 heterocycles. The van der Waals surface area contributed by atoms with Gasteiger partial charge in [0.1, 0.15) is 0 Å². The van der Waals surface area contributed by atoms with E-state index in [1.165, 1.54) is 16.7 Å². The van der Waals surface area contributed by atoms with Gasteiger partial charge < -0.3 is 10.3 Å². The molecule has 122 valence electrons. The molecule has 1 unspecified atom stereocenters.